The average Bonchev–Trinajstić information content (AvgIpc) is 3.19. The molecule has 0 saturated carbocycles. The number of aryl methyl sites for hydroxylation is 1. The first-order chi connectivity index (χ1) is 14.1. The quantitative estimate of drug-likeness (QED) is 0.507. The van der Waals surface area contributed by atoms with Gasteiger partial charge < -0.3 is 10.2 Å². The van der Waals surface area contributed by atoms with Gasteiger partial charge in [-0.05, 0) is 24.5 Å². The molecule has 0 aliphatic carbocycles. The Morgan fingerprint density at radius 1 is 1.07 bits per heavy atom. The van der Waals surface area contributed by atoms with E-state index >= 15 is 0 Å². The molecule has 0 unspecified atom stereocenters. The van der Waals surface area contributed by atoms with Gasteiger partial charge in [-0.25, -0.2) is 4.98 Å². The van der Waals surface area contributed by atoms with Gasteiger partial charge in [0.1, 0.15) is 5.82 Å². The van der Waals surface area contributed by atoms with E-state index in [1.54, 1.807) is 0 Å². The maximum Gasteiger partial charge on any atom is 0.239 e. The minimum atomic E-state index is 0.0182. The second kappa shape index (κ2) is 10.7. The number of amides is 1. The molecular weight excluding hydrogens is 380 g/mol. The predicted octanol–water partition coefficient (Wildman–Crippen LogP) is 4.36. The molecule has 1 aromatic heterocycles. The lowest BCUT2D eigenvalue weighted by Crippen LogP contribution is -2.37. The molecule has 0 atom stereocenters. The van der Waals surface area contributed by atoms with Gasteiger partial charge in [-0.2, -0.15) is 4.37 Å². The van der Waals surface area contributed by atoms with Gasteiger partial charge in [0.25, 0.3) is 0 Å². The maximum absolute atomic E-state index is 12.4. The summed E-state index contributed by atoms with van der Waals surface area (Å²) >= 11 is 1.35. The zero-order valence-corrected chi connectivity index (χ0v) is 17.9. The minimum absolute atomic E-state index is 0.0182. The smallest absolute Gasteiger partial charge is 0.239 e. The Labute approximate surface area is 177 Å². The molecule has 5 nitrogen and oxygen atoms in total. The standard InChI is InChI=1S/C23H28N4OS/c1-3-4-14-24-22(28)17-27(16-20-8-6-5-7-9-20)23-25-21(26-29-23)15-19-12-10-18(2)11-13-19/h5-13H,3-4,14-17H2,1-2H3,(H,24,28). The molecular formula is C23H28N4OS. The lowest BCUT2D eigenvalue weighted by molar-refractivity contribution is -0.119. The van der Waals surface area contributed by atoms with Crippen molar-refractivity contribution in [1.82, 2.24) is 14.7 Å². The highest BCUT2D eigenvalue weighted by atomic mass is 32.1. The molecule has 0 aliphatic heterocycles. The first-order valence-corrected chi connectivity index (χ1v) is 10.8. The number of hydrogen-bond acceptors (Lipinski definition) is 5. The monoisotopic (exact) mass is 408 g/mol. The Bertz CT molecular complexity index is 893. The van der Waals surface area contributed by atoms with E-state index in [0.717, 1.165) is 29.4 Å². The van der Waals surface area contributed by atoms with Crippen LogP contribution in [-0.2, 0) is 17.8 Å². The Balaban J connectivity index is 1.71. The zero-order chi connectivity index (χ0) is 20.5. The molecule has 1 heterocycles. The van der Waals surface area contributed by atoms with Gasteiger partial charge in [0.15, 0.2) is 0 Å². The van der Waals surface area contributed by atoms with Crippen molar-refractivity contribution in [2.24, 2.45) is 0 Å². The summed E-state index contributed by atoms with van der Waals surface area (Å²) in [6.45, 7) is 5.81. The van der Waals surface area contributed by atoms with E-state index in [0.29, 0.717) is 19.5 Å². The Morgan fingerprint density at radius 3 is 2.55 bits per heavy atom. The van der Waals surface area contributed by atoms with E-state index in [1.807, 2.05) is 23.1 Å². The van der Waals surface area contributed by atoms with Crippen LogP contribution in [-0.4, -0.2) is 28.4 Å². The number of anilines is 1. The summed E-state index contributed by atoms with van der Waals surface area (Å²) in [5.74, 6) is 0.808. The minimum Gasteiger partial charge on any atom is -0.355 e. The molecule has 3 aromatic rings. The van der Waals surface area contributed by atoms with Crippen molar-refractivity contribution in [1.29, 1.82) is 0 Å². The second-order valence-electron chi connectivity index (χ2n) is 7.20. The van der Waals surface area contributed by atoms with Crippen LogP contribution >= 0.6 is 11.5 Å². The first kappa shape index (κ1) is 21.0. The largest absolute Gasteiger partial charge is 0.355 e. The molecule has 152 valence electrons. The summed E-state index contributed by atoms with van der Waals surface area (Å²) < 4.78 is 4.54. The molecule has 0 fully saturated rings. The van der Waals surface area contributed by atoms with Crippen molar-refractivity contribution in [2.45, 2.75) is 39.7 Å². The molecule has 0 aliphatic rings. The average molecular weight is 409 g/mol. The van der Waals surface area contributed by atoms with Gasteiger partial charge >= 0.3 is 0 Å². The second-order valence-corrected chi connectivity index (χ2v) is 7.93. The van der Waals surface area contributed by atoms with Crippen molar-refractivity contribution in [3.63, 3.8) is 0 Å². The third kappa shape index (κ3) is 6.68. The molecule has 2 aromatic carbocycles. The summed E-state index contributed by atoms with van der Waals surface area (Å²) in [7, 11) is 0. The Morgan fingerprint density at radius 2 is 1.83 bits per heavy atom. The summed E-state index contributed by atoms with van der Waals surface area (Å²) in [6.07, 6.45) is 2.75. The third-order valence-electron chi connectivity index (χ3n) is 4.61. The van der Waals surface area contributed by atoms with Gasteiger partial charge in [0.05, 0.1) is 6.54 Å². The summed E-state index contributed by atoms with van der Waals surface area (Å²) in [5.41, 5.74) is 3.57. The molecule has 0 bridgehead atoms. The molecule has 1 amide bonds. The van der Waals surface area contributed by atoms with E-state index in [-0.39, 0.29) is 12.5 Å². The summed E-state index contributed by atoms with van der Waals surface area (Å²) in [4.78, 5) is 19.2. The van der Waals surface area contributed by atoms with Crippen molar-refractivity contribution < 1.29 is 4.79 Å². The fourth-order valence-electron chi connectivity index (χ4n) is 2.96. The number of rotatable bonds is 10. The van der Waals surface area contributed by atoms with Crippen molar-refractivity contribution in [3.8, 4) is 0 Å². The molecule has 0 saturated heterocycles. The molecule has 6 heteroatoms. The fourth-order valence-corrected chi connectivity index (χ4v) is 3.65. The van der Waals surface area contributed by atoms with Crippen molar-refractivity contribution in [2.75, 3.05) is 18.0 Å². The number of carbonyl (C=O) groups is 1. The number of carbonyl (C=O) groups excluding carboxylic acids is 1. The van der Waals surface area contributed by atoms with Crippen LogP contribution in [0.2, 0.25) is 0 Å². The summed E-state index contributed by atoms with van der Waals surface area (Å²) in [6, 6.07) is 18.6. The summed E-state index contributed by atoms with van der Waals surface area (Å²) in [5, 5.41) is 3.78. The molecule has 1 N–H and O–H groups in total. The third-order valence-corrected chi connectivity index (χ3v) is 5.43. The topological polar surface area (TPSA) is 58.1 Å². The molecule has 0 spiro atoms. The van der Waals surface area contributed by atoms with Gasteiger partial charge in [-0.15, -0.1) is 0 Å². The number of nitrogens with zero attached hydrogens (tertiary/aromatic N) is 3. The van der Waals surface area contributed by atoms with Crippen LogP contribution in [0.4, 0.5) is 5.13 Å². The number of benzene rings is 2. The van der Waals surface area contributed by atoms with Crippen molar-refractivity contribution in [3.05, 3.63) is 77.1 Å². The van der Waals surface area contributed by atoms with Gasteiger partial charge in [-0.1, -0.05) is 73.5 Å². The first-order valence-electron chi connectivity index (χ1n) is 10.1. The lowest BCUT2D eigenvalue weighted by atomic mass is 10.1. The fraction of sp³-hybridized carbons (Fsp3) is 0.348. The predicted molar refractivity (Wildman–Crippen MR) is 119 cm³/mol. The molecule has 3 rings (SSSR count). The molecule has 29 heavy (non-hydrogen) atoms. The van der Waals surface area contributed by atoms with Crippen LogP contribution in [0.3, 0.4) is 0 Å². The van der Waals surface area contributed by atoms with Crippen molar-refractivity contribution >= 4 is 22.6 Å². The highest BCUT2D eigenvalue weighted by Gasteiger charge is 2.17. The molecule has 0 radical (unpaired) electrons. The van der Waals surface area contributed by atoms with E-state index in [4.69, 9.17) is 4.98 Å². The van der Waals surface area contributed by atoms with Crippen LogP contribution in [0.1, 0.15) is 42.3 Å². The number of hydrogen-bond donors (Lipinski definition) is 1. The number of nitrogens with one attached hydrogen (secondary N) is 1. The highest BCUT2D eigenvalue weighted by Crippen LogP contribution is 2.21. The number of aromatic nitrogens is 2. The maximum atomic E-state index is 12.4. The van der Waals surface area contributed by atoms with Crippen LogP contribution in [0.5, 0.6) is 0 Å². The van der Waals surface area contributed by atoms with Gasteiger partial charge in [0, 0.05) is 31.0 Å². The van der Waals surface area contributed by atoms with Crippen LogP contribution in [0, 0.1) is 6.92 Å². The van der Waals surface area contributed by atoms with Crippen LogP contribution < -0.4 is 10.2 Å². The number of unbranched alkanes of at least 4 members (excludes halogenated alkanes) is 1. The Hall–Kier alpha value is -2.73. The SMILES string of the molecule is CCCCNC(=O)CN(Cc1ccccc1)c1nc(Cc2ccc(C)cc2)ns1. The van der Waals surface area contributed by atoms with Crippen LogP contribution in [0.25, 0.3) is 0 Å². The lowest BCUT2D eigenvalue weighted by Gasteiger charge is -2.21. The van der Waals surface area contributed by atoms with E-state index in [1.165, 1.54) is 22.7 Å². The zero-order valence-electron chi connectivity index (χ0n) is 17.1. The van der Waals surface area contributed by atoms with Gasteiger partial charge in [0.2, 0.25) is 11.0 Å². The van der Waals surface area contributed by atoms with Crippen LogP contribution in [0.15, 0.2) is 54.6 Å². The normalized spacial score (nSPS) is 10.7. The van der Waals surface area contributed by atoms with Gasteiger partial charge in [-0.3, -0.25) is 4.79 Å². The van der Waals surface area contributed by atoms with E-state index in [2.05, 4.69) is 59.9 Å². The van der Waals surface area contributed by atoms with E-state index < -0.39 is 0 Å². The van der Waals surface area contributed by atoms with E-state index in [9.17, 15) is 4.79 Å². The Kier molecular flexibility index (Phi) is 7.76. The highest BCUT2D eigenvalue weighted by molar-refractivity contribution is 7.09.